The summed E-state index contributed by atoms with van der Waals surface area (Å²) in [5.74, 6) is -0.898. The Morgan fingerprint density at radius 2 is 1.48 bits per heavy atom. The SMILES string of the molecule is Nc1cc(S(=O)(=O)[O-])cc2cc(S(=O)(=O)[O-])c(N=Nc3ccc([N+](=O)[O-])cc3)c(O)c12.[K+].[K+]. The summed E-state index contributed by atoms with van der Waals surface area (Å²) in [4.78, 5) is 8.17. The van der Waals surface area contributed by atoms with Crippen LogP contribution in [0.4, 0.5) is 22.7 Å². The van der Waals surface area contributed by atoms with Gasteiger partial charge in [-0.2, -0.15) is 5.11 Å². The molecule has 0 aliphatic carbocycles. The van der Waals surface area contributed by atoms with Gasteiger partial charge in [0.1, 0.15) is 25.9 Å². The quantitative estimate of drug-likeness (QED) is 0.0796. The van der Waals surface area contributed by atoms with Crippen LogP contribution in [0.25, 0.3) is 10.8 Å². The summed E-state index contributed by atoms with van der Waals surface area (Å²) in [7, 11) is -10.2. The number of aromatic hydroxyl groups is 1. The molecule has 3 N–H and O–H groups in total. The molecular weight excluding hydrogens is 535 g/mol. The summed E-state index contributed by atoms with van der Waals surface area (Å²) >= 11 is 0. The Bertz CT molecular complexity index is 1480. The molecule has 17 heteroatoms. The van der Waals surface area contributed by atoms with E-state index in [1.807, 2.05) is 0 Å². The van der Waals surface area contributed by atoms with Crippen molar-refractivity contribution in [2.45, 2.75) is 9.79 Å². The van der Waals surface area contributed by atoms with Crippen molar-refractivity contribution in [3.05, 3.63) is 52.6 Å². The number of non-ortho nitro benzene ring substituents is 1. The van der Waals surface area contributed by atoms with Crippen LogP contribution in [-0.2, 0) is 20.2 Å². The van der Waals surface area contributed by atoms with E-state index in [9.17, 15) is 41.2 Å². The maximum Gasteiger partial charge on any atom is 1.00 e. The molecule has 0 amide bonds. The summed E-state index contributed by atoms with van der Waals surface area (Å²) in [6.45, 7) is 0. The number of rotatable bonds is 5. The number of phenols is 1. The van der Waals surface area contributed by atoms with Crippen molar-refractivity contribution >= 4 is 53.8 Å². The van der Waals surface area contributed by atoms with E-state index in [-0.39, 0.29) is 125 Å². The summed E-state index contributed by atoms with van der Waals surface area (Å²) in [6, 6.07) is 6.78. The Morgan fingerprint density at radius 3 is 1.97 bits per heavy atom. The van der Waals surface area contributed by atoms with Crippen molar-refractivity contribution < 1.29 is 139 Å². The third-order valence-corrected chi connectivity index (χ3v) is 5.70. The minimum Gasteiger partial charge on any atom is -0.744 e. The van der Waals surface area contributed by atoms with E-state index in [1.165, 1.54) is 12.1 Å². The smallest absolute Gasteiger partial charge is 0.744 e. The summed E-state index contributed by atoms with van der Waals surface area (Å²) in [5.41, 5.74) is 4.31. The van der Waals surface area contributed by atoms with Crippen LogP contribution in [0.15, 0.2) is 62.5 Å². The fraction of sp³-hybridized carbons (Fsp3) is 0. The molecule has 3 aromatic rings. The second kappa shape index (κ2) is 11.6. The number of nitrogen functional groups attached to an aromatic ring is 1. The van der Waals surface area contributed by atoms with E-state index in [1.54, 1.807) is 0 Å². The zero-order valence-electron chi connectivity index (χ0n) is 17.0. The fourth-order valence-electron chi connectivity index (χ4n) is 2.67. The number of fused-ring (bicyclic) bond motifs is 1. The van der Waals surface area contributed by atoms with Gasteiger partial charge >= 0.3 is 103 Å². The first-order chi connectivity index (χ1) is 14.3. The van der Waals surface area contributed by atoms with Crippen LogP contribution in [0.1, 0.15) is 0 Å². The minimum atomic E-state index is -5.25. The number of nitro benzene ring substituents is 1. The molecule has 0 aliphatic rings. The maximum atomic E-state index is 11.7. The predicted octanol–water partition coefficient (Wildman–Crippen LogP) is -3.73. The van der Waals surface area contributed by atoms with Crippen molar-refractivity contribution in [2.24, 2.45) is 10.2 Å². The second-order valence-electron chi connectivity index (χ2n) is 6.06. The summed E-state index contributed by atoms with van der Waals surface area (Å²) < 4.78 is 68.9. The molecule has 3 aromatic carbocycles. The number of hydrogen-bond acceptors (Lipinski definition) is 12. The largest absolute Gasteiger partial charge is 1.00 e. The van der Waals surface area contributed by atoms with Crippen molar-refractivity contribution in [2.75, 3.05) is 5.73 Å². The Labute approximate surface area is 272 Å². The Hall–Kier alpha value is -0.387. The van der Waals surface area contributed by atoms with E-state index in [0.29, 0.717) is 6.07 Å². The van der Waals surface area contributed by atoms with Gasteiger partial charge in [-0.15, -0.1) is 5.11 Å². The van der Waals surface area contributed by atoms with Gasteiger partial charge in [-0.05, 0) is 35.7 Å². The molecule has 0 spiro atoms. The number of phenolic OH excluding ortho intramolecular Hbond substituents is 1. The van der Waals surface area contributed by atoms with Gasteiger partial charge < -0.3 is 19.9 Å². The van der Waals surface area contributed by atoms with E-state index >= 15 is 0 Å². The number of nitro groups is 1. The average Bonchev–Trinajstić information content (AvgIpc) is 2.65. The summed E-state index contributed by atoms with van der Waals surface area (Å²) in [5, 5.41) is 27.8. The molecule has 162 valence electrons. The number of nitrogens with two attached hydrogens (primary N) is 1. The van der Waals surface area contributed by atoms with Crippen LogP contribution >= 0.6 is 0 Å². The second-order valence-corrected chi connectivity index (χ2v) is 8.79. The molecule has 0 bridgehead atoms. The number of anilines is 1. The van der Waals surface area contributed by atoms with Gasteiger partial charge in [-0.3, -0.25) is 10.1 Å². The third kappa shape index (κ3) is 7.07. The van der Waals surface area contributed by atoms with Gasteiger partial charge in [0.05, 0.1) is 20.4 Å². The van der Waals surface area contributed by atoms with Crippen LogP contribution in [0.3, 0.4) is 0 Å². The van der Waals surface area contributed by atoms with Gasteiger partial charge in [-0.25, -0.2) is 16.8 Å². The first kappa shape index (κ1) is 30.6. The Balaban J connectivity index is 0.00000272. The molecule has 0 aliphatic heterocycles. The standard InChI is InChI=1S/C16H12N4O9S2.2K/c17-12-7-11(30(24,25)26)5-8-6-13(31(27,28)29)15(16(21)14(8)12)19-18-9-1-3-10(4-2-9)20(22)23;;/h1-7,21H,17H2,(H,24,25,26)(H,27,28,29);;/q;2*+1/p-2. The normalized spacial score (nSPS) is 11.7. The van der Waals surface area contributed by atoms with Gasteiger partial charge in [0.15, 0.2) is 5.75 Å². The first-order valence-electron chi connectivity index (χ1n) is 7.96. The van der Waals surface area contributed by atoms with Gasteiger partial charge in [0.25, 0.3) is 5.69 Å². The van der Waals surface area contributed by atoms with Crippen LogP contribution in [0.5, 0.6) is 5.75 Å². The first-order valence-corrected chi connectivity index (χ1v) is 10.8. The van der Waals surface area contributed by atoms with Gasteiger partial charge in [0, 0.05) is 23.2 Å². The van der Waals surface area contributed by atoms with Crippen molar-refractivity contribution in [1.82, 2.24) is 0 Å². The number of nitrogens with zero attached hydrogens (tertiary/aromatic N) is 3. The Kier molecular flexibility index (Phi) is 10.7. The van der Waals surface area contributed by atoms with E-state index in [4.69, 9.17) is 5.73 Å². The minimum absolute atomic E-state index is 0. The van der Waals surface area contributed by atoms with Crippen molar-refractivity contribution in [3.8, 4) is 5.75 Å². The molecule has 3 rings (SSSR count). The average molecular weight is 545 g/mol. The predicted molar refractivity (Wildman–Crippen MR) is 103 cm³/mol. The summed E-state index contributed by atoms with van der Waals surface area (Å²) in [6.07, 6.45) is 0. The van der Waals surface area contributed by atoms with Crippen molar-refractivity contribution in [3.63, 3.8) is 0 Å². The van der Waals surface area contributed by atoms with Crippen LogP contribution in [0.2, 0.25) is 0 Å². The zero-order valence-corrected chi connectivity index (χ0v) is 24.9. The number of hydrogen-bond donors (Lipinski definition) is 2. The third-order valence-electron chi connectivity index (χ3n) is 4.04. The number of benzene rings is 3. The van der Waals surface area contributed by atoms with Gasteiger partial charge in [-0.1, -0.05) is 0 Å². The van der Waals surface area contributed by atoms with Crippen molar-refractivity contribution in [1.29, 1.82) is 0 Å². The van der Waals surface area contributed by atoms with E-state index in [2.05, 4.69) is 10.2 Å². The molecular formula is C16H10K2N4O9S2. The van der Waals surface area contributed by atoms with E-state index in [0.717, 1.165) is 24.3 Å². The van der Waals surface area contributed by atoms with Crippen LogP contribution < -0.4 is 109 Å². The monoisotopic (exact) mass is 544 g/mol. The fourth-order valence-corrected chi connectivity index (χ4v) is 3.86. The Morgan fingerprint density at radius 1 is 0.909 bits per heavy atom. The molecule has 0 saturated carbocycles. The van der Waals surface area contributed by atoms with Crippen LogP contribution in [-0.4, -0.2) is 36.0 Å². The van der Waals surface area contributed by atoms with Gasteiger partial charge in [0.2, 0.25) is 0 Å². The molecule has 0 fully saturated rings. The van der Waals surface area contributed by atoms with Crippen LogP contribution in [0, 0.1) is 10.1 Å². The molecule has 0 atom stereocenters. The maximum absolute atomic E-state index is 11.7. The number of azo groups is 1. The van der Waals surface area contributed by atoms with E-state index < -0.39 is 52.1 Å². The molecule has 0 saturated heterocycles. The molecule has 0 aromatic heterocycles. The molecule has 33 heavy (non-hydrogen) atoms. The molecule has 0 heterocycles. The molecule has 0 unspecified atom stereocenters. The molecule has 0 radical (unpaired) electrons. The molecule has 13 nitrogen and oxygen atoms in total. The zero-order chi connectivity index (χ0) is 23.1. The topological polar surface area (TPSA) is 229 Å².